The third-order valence-corrected chi connectivity index (χ3v) is 5.00. The van der Waals surface area contributed by atoms with Crippen LogP contribution in [0, 0.1) is 0 Å². The molecule has 1 aliphatic heterocycles. The minimum absolute atomic E-state index is 0.0155. The first-order valence-corrected chi connectivity index (χ1v) is 7.84. The number of nitrogens with two attached hydrogens (primary N) is 1. The Bertz CT molecular complexity index is 717. The van der Waals surface area contributed by atoms with Crippen molar-refractivity contribution in [3.05, 3.63) is 62.6 Å². The topological polar surface area (TPSA) is 46.3 Å². The molecule has 0 saturated carbocycles. The zero-order valence-electron chi connectivity index (χ0n) is 11.3. The quantitative estimate of drug-likeness (QED) is 0.780. The van der Waals surface area contributed by atoms with Crippen LogP contribution in [0.4, 0.5) is 5.69 Å². The molecule has 1 heterocycles. The number of fused-ring (bicyclic) bond motifs is 1. The van der Waals surface area contributed by atoms with Gasteiger partial charge in [0, 0.05) is 28.8 Å². The molecular weight excluding hydrogens is 352 g/mol. The molecule has 3 rings (SSSR count). The Labute approximate surface area is 136 Å². The molecule has 0 atom stereocenters. The Balaban J connectivity index is 1.87. The van der Waals surface area contributed by atoms with Gasteiger partial charge in [-0.3, -0.25) is 4.79 Å². The van der Waals surface area contributed by atoms with Gasteiger partial charge < -0.3 is 10.6 Å². The van der Waals surface area contributed by atoms with E-state index in [-0.39, 0.29) is 5.91 Å². The molecule has 21 heavy (non-hydrogen) atoms. The lowest BCUT2D eigenvalue weighted by Crippen LogP contribution is -2.36. The van der Waals surface area contributed by atoms with Gasteiger partial charge >= 0.3 is 0 Å². The van der Waals surface area contributed by atoms with Crippen LogP contribution in [0.5, 0.6) is 0 Å². The van der Waals surface area contributed by atoms with E-state index in [2.05, 4.69) is 22.0 Å². The molecule has 0 unspecified atom stereocenters. The first-order valence-electron chi connectivity index (χ1n) is 6.67. The highest BCUT2D eigenvalue weighted by molar-refractivity contribution is 9.10. The average Bonchev–Trinajstić information content (AvgIpc) is 2.49. The molecule has 0 bridgehead atoms. The Morgan fingerprint density at radius 2 is 2.10 bits per heavy atom. The van der Waals surface area contributed by atoms with Crippen LogP contribution in [-0.2, 0) is 13.0 Å². The highest BCUT2D eigenvalue weighted by Crippen LogP contribution is 2.27. The number of amides is 1. The van der Waals surface area contributed by atoms with Crippen molar-refractivity contribution in [2.24, 2.45) is 0 Å². The van der Waals surface area contributed by atoms with Crippen LogP contribution >= 0.6 is 27.5 Å². The second kappa shape index (κ2) is 5.70. The Hall–Kier alpha value is -1.52. The molecule has 5 heteroatoms. The first kappa shape index (κ1) is 14.4. The summed E-state index contributed by atoms with van der Waals surface area (Å²) < 4.78 is 0.786. The summed E-state index contributed by atoms with van der Waals surface area (Å²) in [5, 5.41) is 0.540. The van der Waals surface area contributed by atoms with Crippen LogP contribution in [0.25, 0.3) is 0 Å². The van der Waals surface area contributed by atoms with Crippen molar-refractivity contribution in [3.8, 4) is 0 Å². The smallest absolute Gasteiger partial charge is 0.254 e. The lowest BCUT2D eigenvalue weighted by Gasteiger charge is -2.30. The highest BCUT2D eigenvalue weighted by Gasteiger charge is 2.23. The predicted octanol–water partition coefficient (Wildman–Crippen LogP) is 3.88. The molecule has 3 nitrogen and oxygen atoms in total. The maximum atomic E-state index is 12.6. The second-order valence-corrected chi connectivity index (χ2v) is 6.35. The fourth-order valence-electron chi connectivity index (χ4n) is 2.59. The van der Waals surface area contributed by atoms with E-state index in [1.165, 1.54) is 5.56 Å². The van der Waals surface area contributed by atoms with Gasteiger partial charge in [0.1, 0.15) is 0 Å². The summed E-state index contributed by atoms with van der Waals surface area (Å²) in [7, 11) is 0. The van der Waals surface area contributed by atoms with Crippen LogP contribution in [0.15, 0.2) is 40.9 Å². The summed E-state index contributed by atoms with van der Waals surface area (Å²) in [5.74, 6) is -0.0155. The Morgan fingerprint density at radius 3 is 2.86 bits per heavy atom. The number of benzene rings is 2. The normalized spacial score (nSPS) is 13.9. The molecule has 2 N–H and O–H groups in total. The van der Waals surface area contributed by atoms with Gasteiger partial charge in [-0.1, -0.05) is 23.7 Å². The average molecular weight is 366 g/mol. The molecular formula is C16H14BrClN2O. The first-order chi connectivity index (χ1) is 10.1. The maximum absolute atomic E-state index is 12.6. The number of carbonyl (C=O) groups is 1. The summed E-state index contributed by atoms with van der Waals surface area (Å²) in [6.07, 6.45) is 0.830. The van der Waals surface area contributed by atoms with E-state index in [9.17, 15) is 4.79 Å². The van der Waals surface area contributed by atoms with E-state index in [4.69, 9.17) is 17.3 Å². The minimum Gasteiger partial charge on any atom is -0.398 e. The molecule has 0 aromatic heterocycles. The molecule has 108 valence electrons. The molecule has 1 amide bonds. The number of anilines is 1. The number of hydrogen-bond donors (Lipinski definition) is 1. The summed E-state index contributed by atoms with van der Waals surface area (Å²) in [6, 6.07) is 11.2. The van der Waals surface area contributed by atoms with Crippen molar-refractivity contribution in [2.45, 2.75) is 13.0 Å². The van der Waals surface area contributed by atoms with Gasteiger partial charge in [-0.25, -0.2) is 0 Å². The number of carbonyl (C=O) groups excluding carboxylic acids is 1. The van der Waals surface area contributed by atoms with E-state index in [0.717, 1.165) is 22.1 Å². The zero-order valence-corrected chi connectivity index (χ0v) is 13.6. The second-order valence-electron chi connectivity index (χ2n) is 5.09. The molecule has 0 radical (unpaired) electrons. The van der Waals surface area contributed by atoms with Crippen LogP contribution in [-0.4, -0.2) is 17.4 Å². The highest BCUT2D eigenvalue weighted by atomic mass is 79.9. The molecule has 2 aromatic rings. The summed E-state index contributed by atoms with van der Waals surface area (Å²) in [4.78, 5) is 14.4. The van der Waals surface area contributed by atoms with Gasteiger partial charge in [0.2, 0.25) is 0 Å². The van der Waals surface area contributed by atoms with Crippen molar-refractivity contribution in [3.63, 3.8) is 0 Å². The van der Waals surface area contributed by atoms with E-state index in [1.54, 1.807) is 18.2 Å². The van der Waals surface area contributed by atoms with Crippen LogP contribution in [0.2, 0.25) is 5.02 Å². The molecule has 0 aliphatic carbocycles. The maximum Gasteiger partial charge on any atom is 0.254 e. The minimum atomic E-state index is -0.0155. The van der Waals surface area contributed by atoms with E-state index < -0.39 is 0 Å². The third kappa shape index (κ3) is 2.78. The summed E-state index contributed by atoms with van der Waals surface area (Å²) in [5.41, 5.74) is 9.65. The lowest BCUT2D eigenvalue weighted by atomic mass is 9.97. The number of halogens is 2. The van der Waals surface area contributed by atoms with Crippen molar-refractivity contribution < 1.29 is 4.79 Å². The molecule has 0 saturated heterocycles. The van der Waals surface area contributed by atoms with Crippen LogP contribution in [0.1, 0.15) is 21.5 Å². The fraction of sp³-hybridized carbons (Fsp3) is 0.188. The van der Waals surface area contributed by atoms with Crippen molar-refractivity contribution in [1.29, 1.82) is 0 Å². The molecule has 2 aromatic carbocycles. The molecule has 0 fully saturated rings. The number of rotatable bonds is 1. The number of nitrogen functional groups attached to an aromatic ring is 1. The molecule has 1 aliphatic rings. The predicted molar refractivity (Wildman–Crippen MR) is 88.5 cm³/mol. The Morgan fingerprint density at radius 1 is 1.29 bits per heavy atom. The van der Waals surface area contributed by atoms with Gasteiger partial charge in [0.15, 0.2) is 0 Å². The largest absolute Gasteiger partial charge is 0.398 e. The van der Waals surface area contributed by atoms with E-state index in [0.29, 0.717) is 23.7 Å². The van der Waals surface area contributed by atoms with Crippen LogP contribution < -0.4 is 5.73 Å². The van der Waals surface area contributed by atoms with Gasteiger partial charge in [0.05, 0.1) is 5.02 Å². The Kier molecular flexibility index (Phi) is 3.91. The summed E-state index contributed by atoms with van der Waals surface area (Å²) in [6.45, 7) is 1.25. The van der Waals surface area contributed by atoms with Crippen LogP contribution in [0.3, 0.4) is 0 Å². The number of hydrogen-bond acceptors (Lipinski definition) is 2. The molecule has 0 spiro atoms. The summed E-state index contributed by atoms with van der Waals surface area (Å²) >= 11 is 9.40. The van der Waals surface area contributed by atoms with E-state index >= 15 is 0 Å². The third-order valence-electron chi connectivity index (χ3n) is 3.76. The zero-order chi connectivity index (χ0) is 15.0. The van der Waals surface area contributed by atoms with Gasteiger partial charge in [-0.05, 0) is 57.7 Å². The SMILES string of the molecule is Nc1cccc2c1CN(C(=O)c1ccc(Br)c(Cl)c1)CC2. The van der Waals surface area contributed by atoms with E-state index in [1.807, 2.05) is 17.0 Å². The van der Waals surface area contributed by atoms with Gasteiger partial charge in [-0.15, -0.1) is 0 Å². The van der Waals surface area contributed by atoms with Gasteiger partial charge in [0.25, 0.3) is 5.91 Å². The van der Waals surface area contributed by atoms with Crippen molar-refractivity contribution in [2.75, 3.05) is 12.3 Å². The standard InChI is InChI=1S/C16H14BrClN2O/c17-13-5-4-11(8-14(13)18)16(21)20-7-6-10-2-1-3-15(19)12(10)9-20/h1-5,8H,6-7,9,19H2. The number of nitrogens with zero attached hydrogens (tertiary/aromatic N) is 1. The monoisotopic (exact) mass is 364 g/mol. The lowest BCUT2D eigenvalue weighted by molar-refractivity contribution is 0.0735. The van der Waals surface area contributed by atoms with Crippen molar-refractivity contribution >= 4 is 39.1 Å². The van der Waals surface area contributed by atoms with Crippen molar-refractivity contribution in [1.82, 2.24) is 4.90 Å². The van der Waals surface area contributed by atoms with Gasteiger partial charge in [-0.2, -0.15) is 0 Å². The fourth-order valence-corrected chi connectivity index (χ4v) is 3.02.